The van der Waals surface area contributed by atoms with Crippen LogP contribution in [0.5, 0.6) is 0 Å². The average Bonchev–Trinajstić information content (AvgIpc) is 3.02. The number of carbonyl (C=O) groups is 2. The molecule has 5 rings (SSSR count). The van der Waals surface area contributed by atoms with Gasteiger partial charge in [-0.3, -0.25) is 4.79 Å². The number of nitrogens with zero attached hydrogens (tertiary/aromatic N) is 6. The van der Waals surface area contributed by atoms with Gasteiger partial charge in [0, 0.05) is 56.2 Å². The Morgan fingerprint density at radius 3 is 2.50 bits per heavy atom. The van der Waals surface area contributed by atoms with Gasteiger partial charge in [-0.15, -0.1) is 0 Å². The Morgan fingerprint density at radius 1 is 1.10 bits per heavy atom. The van der Waals surface area contributed by atoms with Gasteiger partial charge in [0.05, 0.1) is 30.2 Å². The van der Waals surface area contributed by atoms with E-state index in [9.17, 15) is 9.59 Å². The minimum atomic E-state index is -0.378. The Bertz CT molecular complexity index is 1470. The van der Waals surface area contributed by atoms with Crippen molar-refractivity contribution in [1.29, 1.82) is 5.26 Å². The van der Waals surface area contributed by atoms with E-state index in [1.807, 2.05) is 25.2 Å². The zero-order valence-electron chi connectivity index (χ0n) is 24.2. The van der Waals surface area contributed by atoms with E-state index in [-0.39, 0.29) is 18.0 Å². The van der Waals surface area contributed by atoms with Crippen LogP contribution in [-0.2, 0) is 9.47 Å². The number of piperidine rings is 1. The van der Waals surface area contributed by atoms with Crippen LogP contribution in [-0.4, -0.2) is 91.2 Å². The highest BCUT2D eigenvalue weighted by atomic mass is 16.5. The maximum Gasteiger partial charge on any atom is 0.340 e. The number of anilines is 3. The number of ether oxygens (including phenoxy) is 2. The lowest BCUT2D eigenvalue weighted by Crippen LogP contribution is -2.38. The molecule has 2 aliphatic rings. The maximum absolute atomic E-state index is 13.5. The Labute approximate surface area is 245 Å². The third kappa shape index (κ3) is 6.67. The van der Waals surface area contributed by atoms with E-state index < -0.39 is 0 Å². The number of aryl methyl sites for hydroxylation is 1. The number of amides is 1. The van der Waals surface area contributed by atoms with Crippen molar-refractivity contribution in [2.24, 2.45) is 0 Å². The van der Waals surface area contributed by atoms with Crippen LogP contribution in [0.15, 0.2) is 48.7 Å². The minimum absolute atomic E-state index is 0.104. The van der Waals surface area contributed by atoms with Crippen LogP contribution in [0, 0.1) is 18.4 Å². The fourth-order valence-corrected chi connectivity index (χ4v) is 5.11. The first-order valence-corrected chi connectivity index (χ1v) is 14.1. The Hall–Kier alpha value is -4.53. The molecule has 0 saturated carbocycles. The van der Waals surface area contributed by atoms with Crippen LogP contribution in [0.2, 0.25) is 0 Å². The van der Waals surface area contributed by atoms with Gasteiger partial charge in [0.1, 0.15) is 6.10 Å². The van der Waals surface area contributed by atoms with Gasteiger partial charge in [-0.05, 0) is 62.7 Å². The zero-order valence-corrected chi connectivity index (χ0v) is 24.2. The number of nitriles is 1. The number of esters is 1. The first-order valence-electron chi connectivity index (χ1n) is 14.1. The molecule has 218 valence electrons. The molecule has 1 N–H and O–H groups in total. The summed E-state index contributed by atoms with van der Waals surface area (Å²) in [5.74, 6) is -0.345. The van der Waals surface area contributed by atoms with E-state index in [1.165, 1.54) is 7.05 Å². The largest absolute Gasteiger partial charge is 0.459 e. The number of aromatic nitrogens is 2. The maximum atomic E-state index is 13.5. The van der Waals surface area contributed by atoms with E-state index in [4.69, 9.17) is 19.7 Å². The molecule has 11 nitrogen and oxygen atoms in total. The van der Waals surface area contributed by atoms with Crippen molar-refractivity contribution in [3.8, 4) is 17.5 Å². The van der Waals surface area contributed by atoms with Crippen molar-refractivity contribution in [1.82, 2.24) is 19.8 Å². The van der Waals surface area contributed by atoms with E-state index in [0.29, 0.717) is 54.8 Å². The van der Waals surface area contributed by atoms with E-state index >= 15 is 0 Å². The van der Waals surface area contributed by atoms with Crippen LogP contribution in [0.25, 0.3) is 11.3 Å². The molecule has 2 fully saturated rings. The number of rotatable bonds is 7. The van der Waals surface area contributed by atoms with Crippen molar-refractivity contribution in [3.05, 3.63) is 65.4 Å². The third-order valence-corrected chi connectivity index (χ3v) is 7.60. The molecule has 2 aliphatic heterocycles. The first kappa shape index (κ1) is 29.0. The van der Waals surface area contributed by atoms with E-state index in [1.54, 1.807) is 36.5 Å². The second kappa shape index (κ2) is 13.0. The summed E-state index contributed by atoms with van der Waals surface area (Å²) in [5, 5.41) is 12.2. The second-order valence-corrected chi connectivity index (χ2v) is 10.6. The molecule has 0 atom stereocenters. The molecule has 2 saturated heterocycles. The molecule has 3 aromatic rings. The van der Waals surface area contributed by atoms with Gasteiger partial charge in [0.15, 0.2) is 6.19 Å². The van der Waals surface area contributed by atoms with E-state index in [2.05, 4.69) is 27.1 Å². The third-order valence-electron chi connectivity index (χ3n) is 7.60. The lowest BCUT2D eigenvalue weighted by molar-refractivity contribution is 0.0139. The van der Waals surface area contributed by atoms with Gasteiger partial charge in [-0.2, -0.15) is 5.26 Å². The molecular formula is C31H35N7O4. The normalized spacial score (nSPS) is 16.0. The fraction of sp³-hybridized carbons (Fsp3) is 0.387. The molecule has 3 heterocycles. The molecular weight excluding hydrogens is 534 g/mol. The number of hydrogen-bond acceptors (Lipinski definition) is 10. The van der Waals surface area contributed by atoms with Gasteiger partial charge in [0.2, 0.25) is 5.95 Å². The van der Waals surface area contributed by atoms with Crippen molar-refractivity contribution >= 4 is 29.2 Å². The molecule has 0 radical (unpaired) electrons. The van der Waals surface area contributed by atoms with Gasteiger partial charge in [-0.25, -0.2) is 19.7 Å². The number of benzene rings is 2. The van der Waals surface area contributed by atoms with Crippen molar-refractivity contribution in [2.75, 3.05) is 63.7 Å². The average molecular weight is 570 g/mol. The van der Waals surface area contributed by atoms with Crippen molar-refractivity contribution in [2.45, 2.75) is 25.9 Å². The van der Waals surface area contributed by atoms with Crippen LogP contribution in [0.1, 0.15) is 39.1 Å². The summed E-state index contributed by atoms with van der Waals surface area (Å²) in [4.78, 5) is 40.4. The zero-order chi connectivity index (χ0) is 29.6. The number of carbonyl (C=O) groups excluding carboxylic acids is 2. The SMILES string of the molecule is Cc1cnc(Nc2ccc(N3CCOCC3)c(C(=O)OC3CCN(C)CC3)c2)nc1-c1ccc(C(=O)N(C)C#N)cc1. The number of likely N-dealkylation sites (tertiary alicyclic amines) is 1. The second-order valence-electron chi connectivity index (χ2n) is 10.6. The number of nitrogens with one attached hydrogen (secondary N) is 1. The first-order chi connectivity index (χ1) is 20.3. The number of morpholine rings is 1. The Balaban J connectivity index is 1.39. The van der Waals surface area contributed by atoms with Crippen molar-refractivity contribution < 1.29 is 19.1 Å². The minimum Gasteiger partial charge on any atom is -0.459 e. The lowest BCUT2D eigenvalue weighted by atomic mass is 10.1. The topological polar surface area (TPSA) is 124 Å². The van der Waals surface area contributed by atoms with Crippen LogP contribution in [0.3, 0.4) is 0 Å². The van der Waals surface area contributed by atoms with Gasteiger partial charge < -0.3 is 24.6 Å². The lowest BCUT2D eigenvalue weighted by Gasteiger charge is -2.32. The summed E-state index contributed by atoms with van der Waals surface area (Å²) >= 11 is 0. The molecule has 0 aliphatic carbocycles. The highest BCUT2D eigenvalue weighted by Crippen LogP contribution is 2.29. The molecule has 1 amide bonds. The summed E-state index contributed by atoms with van der Waals surface area (Å²) in [5.41, 5.74) is 4.76. The van der Waals surface area contributed by atoms with Gasteiger partial charge in [0.25, 0.3) is 5.91 Å². The Kier molecular flexibility index (Phi) is 8.95. The summed E-state index contributed by atoms with van der Waals surface area (Å²) in [6, 6.07) is 12.6. The van der Waals surface area contributed by atoms with Crippen LogP contribution < -0.4 is 10.2 Å². The smallest absolute Gasteiger partial charge is 0.340 e. The molecule has 0 unspecified atom stereocenters. The van der Waals surface area contributed by atoms with Gasteiger partial charge in [-0.1, -0.05) is 12.1 Å². The summed E-state index contributed by atoms with van der Waals surface area (Å²) in [6.07, 6.45) is 5.08. The Morgan fingerprint density at radius 2 is 1.81 bits per heavy atom. The molecule has 0 spiro atoms. The predicted octanol–water partition coefficient (Wildman–Crippen LogP) is 3.84. The summed E-state index contributed by atoms with van der Waals surface area (Å²) < 4.78 is 11.5. The van der Waals surface area contributed by atoms with Gasteiger partial charge >= 0.3 is 5.97 Å². The standard InChI is InChI=1S/C31H35N7O4/c1-21-19-33-31(35-28(21)22-4-6-23(7-5-22)29(39)37(3)20-32)34-24-8-9-27(38-14-16-41-17-15-38)26(18-24)30(40)42-25-10-12-36(2)13-11-25/h4-9,18-19,25H,10-17H2,1-3H3,(H,33,34,35). The predicted molar refractivity (Wildman–Crippen MR) is 159 cm³/mol. The molecule has 42 heavy (non-hydrogen) atoms. The highest BCUT2D eigenvalue weighted by molar-refractivity contribution is 5.97. The quantitative estimate of drug-likeness (QED) is 0.255. The summed E-state index contributed by atoms with van der Waals surface area (Å²) in [7, 11) is 3.50. The highest BCUT2D eigenvalue weighted by Gasteiger charge is 2.25. The fourth-order valence-electron chi connectivity index (χ4n) is 5.11. The van der Waals surface area contributed by atoms with Crippen LogP contribution in [0.4, 0.5) is 17.3 Å². The van der Waals surface area contributed by atoms with Crippen molar-refractivity contribution in [3.63, 3.8) is 0 Å². The summed E-state index contributed by atoms with van der Waals surface area (Å²) in [6.45, 7) is 6.32. The molecule has 0 bridgehead atoms. The van der Waals surface area contributed by atoms with Crippen LogP contribution >= 0.6 is 0 Å². The van der Waals surface area contributed by atoms with E-state index in [0.717, 1.165) is 47.6 Å². The molecule has 2 aromatic carbocycles. The monoisotopic (exact) mass is 569 g/mol. The number of hydrogen-bond donors (Lipinski definition) is 1. The molecule has 1 aromatic heterocycles. The molecule has 11 heteroatoms.